The molecule has 1 heterocycles. The molecule has 0 fully saturated rings. The van der Waals surface area contributed by atoms with Gasteiger partial charge in [0.25, 0.3) is 0 Å². The monoisotopic (exact) mass is 628 g/mol. The third kappa shape index (κ3) is 4.51. The Kier molecular flexibility index (Phi) is 6.81. The molecule has 8 aromatic carbocycles. The lowest BCUT2D eigenvalue weighted by Crippen LogP contribution is -1.91. The van der Waals surface area contributed by atoms with Crippen LogP contribution in [0.3, 0.4) is 0 Å². The fourth-order valence-electron chi connectivity index (χ4n) is 7.56. The van der Waals surface area contributed by atoms with Gasteiger partial charge in [0.1, 0.15) is 0 Å². The number of thiophene rings is 1. The van der Waals surface area contributed by atoms with E-state index in [2.05, 4.69) is 171 Å². The molecule has 0 atom stereocenters. The average molecular weight is 629 g/mol. The molecule has 1 aromatic heterocycles. The Morgan fingerprint density at radius 3 is 1.69 bits per heavy atom. The van der Waals surface area contributed by atoms with Crippen molar-refractivity contribution in [3.63, 3.8) is 0 Å². The SMILES string of the molecule is C=Cc1ccccc1-c1cc(-c2cc3c(-c4c5ccccc5c(-c5cccc6ccccc56)c5ccccc45)cccc3s2)ccc1C. The van der Waals surface area contributed by atoms with E-state index >= 15 is 0 Å². The van der Waals surface area contributed by atoms with Gasteiger partial charge in [0.05, 0.1) is 0 Å². The lowest BCUT2D eigenvalue weighted by atomic mass is 9.84. The Labute approximate surface area is 284 Å². The highest BCUT2D eigenvalue weighted by atomic mass is 32.1. The zero-order valence-electron chi connectivity index (χ0n) is 26.7. The number of hydrogen-bond acceptors (Lipinski definition) is 1. The highest BCUT2D eigenvalue weighted by molar-refractivity contribution is 7.22. The molecule has 0 spiro atoms. The summed E-state index contributed by atoms with van der Waals surface area (Å²) in [6.45, 7) is 6.27. The Hall–Kier alpha value is -5.76. The Morgan fingerprint density at radius 1 is 0.458 bits per heavy atom. The van der Waals surface area contributed by atoms with E-state index in [1.54, 1.807) is 0 Å². The number of fused-ring (bicyclic) bond motifs is 4. The van der Waals surface area contributed by atoms with Gasteiger partial charge in [-0.05, 0) is 108 Å². The molecule has 9 aromatic rings. The van der Waals surface area contributed by atoms with Crippen LogP contribution in [0.5, 0.6) is 0 Å². The van der Waals surface area contributed by atoms with Crippen LogP contribution in [-0.2, 0) is 0 Å². The molecule has 0 radical (unpaired) electrons. The van der Waals surface area contributed by atoms with Gasteiger partial charge in [-0.25, -0.2) is 0 Å². The maximum atomic E-state index is 4.08. The number of benzene rings is 8. The van der Waals surface area contributed by atoms with E-state index in [4.69, 9.17) is 0 Å². The zero-order valence-corrected chi connectivity index (χ0v) is 27.5. The summed E-state index contributed by atoms with van der Waals surface area (Å²) < 4.78 is 1.29. The minimum Gasteiger partial charge on any atom is -0.135 e. The second-order valence-corrected chi connectivity index (χ2v) is 13.6. The van der Waals surface area contributed by atoms with Crippen molar-refractivity contribution in [1.29, 1.82) is 0 Å². The predicted molar refractivity (Wildman–Crippen MR) is 211 cm³/mol. The Morgan fingerprint density at radius 2 is 1.00 bits per heavy atom. The normalized spacial score (nSPS) is 11.5. The lowest BCUT2D eigenvalue weighted by molar-refractivity contribution is 1.45. The van der Waals surface area contributed by atoms with Gasteiger partial charge < -0.3 is 0 Å². The topological polar surface area (TPSA) is 0 Å². The van der Waals surface area contributed by atoms with Crippen LogP contribution in [0, 0.1) is 6.92 Å². The van der Waals surface area contributed by atoms with Gasteiger partial charge in [0, 0.05) is 15.0 Å². The lowest BCUT2D eigenvalue weighted by Gasteiger charge is -2.19. The first-order valence-corrected chi connectivity index (χ1v) is 17.3. The highest BCUT2D eigenvalue weighted by Crippen LogP contribution is 2.48. The van der Waals surface area contributed by atoms with Gasteiger partial charge >= 0.3 is 0 Å². The molecule has 226 valence electrons. The van der Waals surface area contributed by atoms with Gasteiger partial charge in [-0.15, -0.1) is 11.3 Å². The molecule has 0 saturated heterocycles. The minimum absolute atomic E-state index is 1.15. The van der Waals surface area contributed by atoms with E-state index in [0.717, 1.165) is 5.56 Å². The maximum absolute atomic E-state index is 4.08. The van der Waals surface area contributed by atoms with E-state index in [1.165, 1.54) is 91.8 Å². The molecule has 48 heavy (non-hydrogen) atoms. The highest BCUT2D eigenvalue weighted by Gasteiger charge is 2.20. The first-order valence-electron chi connectivity index (χ1n) is 16.5. The molecular weight excluding hydrogens is 597 g/mol. The zero-order chi connectivity index (χ0) is 32.2. The van der Waals surface area contributed by atoms with E-state index < -0.39 is 0 Å². The third-order valence-corrected chi connectivity index (χ3v) is 11.0. The third-order valence-electron chi connectivity index (χ3n) is 9.81. The summed E-state index contributed by atoms with van der Waals surface area (Å²) in [6.07, 6.45) is 1.95. The fraction of sp³-hybridized carbons (Fsp3) is 0.0213. The standard InChI is InChI=1S/C47H32S/c1-3-31-14-4-6-17-34(31)42-28-33(27-26-30(42)2)45-29-43-41(24-13-25-44(43)48-45)47-39-21-10-8-19-37(39)46(38-20-9-11-22-40(38)47)36-23-12-16-32-15-5-7-18-35(32)36/h3-29H,1H2,2H3. The molecule has 0 N–H and O–H groups in total. The fourth-order valence-corrected chi connectivity index (χ4v) is 8.64. The summed E-state index contributed by atoms with van der Waals surface area (Å²) in [5, 5.41) is 8.93. The summed E-state index contributed by atoms with van der Waals surface area (Å²) in [5.74, 6) is 0. The molecule has 0 aliphatic heterocycles. The maximum Gasteiger partial charge on any atom is 0.0355 e. The largest absolute Gasteiger partial charge is 0.135 e. The first-order chi connectivity index (χ1) is 23.7. The van der Waals surface area contributed by atoms with Crippen LogP contribution in [-0.4, -0.2) is 0 Å². The molecule has 0 aliphatic carbocycles. The summed E-state index contributed by atoms with van der Waals surface area (Å²) >= 11 is 1.87. The van der Waals surface area contributed by atoms with Crippen molar-refractivity contribution >= 4 is 59.8 Å². The molecule has 0 nitrogen and oxygen atoms in total. The van der Waals surface area contributed by atoms with Gasteiger partial charge in [-0.3, -0.25) is 0 Å². The van der Waals surface area contributed by atoms with Crippen molar-refractivity contribution in [1.82, 2.24) is 0 Å². The van der Waals surface area contributed by atoms with Crippen LogP contribution in [0.25, 0.3) is 92.3 Å². The van der Waals surface area contributed by atoms with E-state index in [0.29, 0.717) is 0 Å². The Balaban J connectivity index is 1.29. The van der Waals surface area contributed by atoms with Crippen molar-refractivity contribution in [2.75, 3.05) is 0 Å². The molecule has 9 rings (SSSR count). The van der Waals surface area contributed by atoms with Crippen LogP contribution in [0.15, 0.2) is 164 Å². The van der Waals surface area contributed by atoms with Crippen molar-refractivity contribution in [3.05, 3.63) is 175 Å². The number of aryl methyl sites for hydroxylation is 1. The number of rotatable bonds is 5. The summed E-state index contributed by atoms with van der Waals surface area (Å²) in [7, 11) is 0. The average Bonchev–Trinajstić information content (AvgIpc) is 3.59. The summed E-state index contributed by atoms with van der Waals surface area (Å²) in [4.78, 5) is 1.27. The molecule has 0 amide bonds. The van der Waals surface area contributed by atoms with Gasteiger partial charge in [-0.2, -0.15) is 0 Å². The second kappa shape index (κ2) is 11.5. The van der Waals surface area contributed by atoms with Gasteiger partial charge in [0.2, 0.25) is 0 Å². The molecular formula is C47H32S. The Bertz CT molecular complexity index is 2640. The smallest absolute Gasteiger partial charge is 0.0355 e. The summed E-state index contributed by atoms with van der Waals surface area (Å²) in [6, 6.07) is 58.0. The van der Waals surface area contributed by atoms with Crippen LogP contribution >= 0.6 is 11.3 Å². The van der Waals surface area contributed by atoms with E-state index in [9.17, 15) is 0 Å². The van der Waals surface area contributed by atoms with Gasteiger partial charge in [-0.1, -0.05) is 152 Å². The quantitative estimate of drug-likeness (QED) is 0.166. The van der Waals surface area contributed by atoms with Crippen molar-refractivity contribution in [2.24, 2.45) is 0 Å². The molecule has 1 heteroatoms. The second-order valence-electron chi connectivity index (χ2n) is 12.5. The van der Waals surface area contributed by atoms with Crippen molar-refractivity contribution in [2.45, 2.75) is 6.92 Å². The van der Waals surface area contributed by atoms with Crippen molar-refractivity contribution < 1.29 is 0 Å². The van der Waals surface area contributed by atoms with Crippen LogP contribution in [0.1, 0.15) is 11.1 Å². The first kappa shape index (κ1) is 28.5. The molecule has 0 aliphatic rings. The minimum atomic E-state index is 1.15. The van der Waals surface area contributed by atoms with E-state index in [1.807, 2.05) is 17.4 Å². The van der Waals surface area contributed by atoms with Gasteiger partial charge in [0.15, 0.2) is 0 Å². The molecule has 0 unspecified atom stereocenters. The van der Waals surface area contributed by atoms with Crippen LogP contribution in [0.4, 0.5) is 0 Å². The van der Waals surface area contributed by atoms with Crippen LogP contribution < -0.4 is 0 Å². The predicted octanol–water partition coefficient (Wildman–Crippen LogP) is 14.0. The van der Waals surface area contributed by atoms with Crippen LogP contribution in [0.2, 0.25) is 0 Å². The van der Waals surface area contributed by atoms with Crippen molar-refractivity contribution in [3.8, 4) is 43.8 Å². The number of hydrogen-bond donors (Lipinski definition) is 0. The van der Waals surface area contributed by atoms with E-state index in [-0.39, 0.29) is 0 Å². The summed E-state index contributed by atoms with van der Waals surface area (Å²) in [5.41, 5.74) is 11.3. The molecule has 0 saturated carbocycles. The molecule has 0 bridgehead atoms.